The zero-order valence-corrected chi connectivity index (χ0v) is 21.4. The smallest absolute Gasteiger partial charge is 0.267 e. The van der Waals surface area contributed by atoms with Gasteiger partial charge < -0.3 is 0 Å². The van der Waals surface area contributed by atoms with E-state index in [1.165, 1.54) is 10.4 Å². The van der Waals surface area contributed by atoms with Crippen LogP contribution in [0.15, 0.2) is 58.5 Å². The van der Waals surface area contributed by atoms with Crippen molar-refractivity contribution in [2.24, 2.45) is 0 Å². The quantitative estimate of drug-likeness (QED) is 0.235. The molecule has 2 aromatic carbocycles. The van der Waals surface area contributed by atoms with Gasteiger partial charge in [0.2, 0.25) is 0 Å². The number of aromatic nitrogens is 2. The first kappa shape index (κ1) is 22.7. The van der Waals surface area contributed by atoms with Crippen LogP contribution in [0.2, 0.25) is 5.02 Å². The lowest BCUT2D eigenvalue weighted by Crippen LogP contribution is -2.35. The maximum absolute atomic E-state index is 13.9. The van der Waals surface area contributed by atoms with Crippen LogP contribution in [0.5, 0.6) is 0 Å². The summed E-state index contributed by atoms with van der Waals surface area (Å²) >= 11 is 9.32. The molecule has 0 spiro atoms. The molecule has 0 bridgehead atoms. The minimum atomic E-state index is 0.0398. The van der Waals surface area contributed by atoms with Crippen LogP contribution in [0.25, 0.3) is 15.9 Å². The van der Waals surface area contributed by atoms with Gasteiger partial charge in [-0.2, -0.15) is 0 Å². The fourth-order valence-electron chi connectivity index (χ4n) is 4.23. The van der Waals surface area contributed by atoms with Crippen LogP contribution >= 0.6 is 34.7 Å². The molecule has 0 amide bonds. The molecule has 5 rings (SSSR count). The summed E-state index contributed by atoms with van der Waals surface area (Å²) in [4.78, 5) is 23.6. The summed E-state index contributed by atoms with van der Waals surface area (Å²) in [6.07, 6.45) is 0.898. The van der Waals surface area contributed by atoms with Crippen LogP contribution in [0.4, 0.5) is 0 Å². The maximum atomic E-state index is 13.9. The average Bonchev–Trinajstić information content (AvgIpc) is 3.17. The lowest BCUT2D eigenvalue weighted by molar-refractivity contribution is 0.206. The van der Waals surface area contributed by atoms with Crippen LogP contribution in [0.3, 0.4) is 0 Å². The van der Waals surface area contributed by atoms with Gasteiger partial charge in [0.1, 0.15) is 4.83 Å². The molecular weight excluding hydrogens is 470 g/mol. The van der Waals surface area contributed by atoms with Crippen molar-refractivity contribution >= 4 is 44.9 Å². The molecule has 3 heterocycles. The molecule has 0 radical (unpaired) electrons. The Morgan fingerprint density at radius 1 is 1.12 bits per heavy atom. The van der Waals surface area contributed by atoms with E-state index in [9.17, 15) is 4.79 Å². The molecule has 1 aliphatic heterocycles. The number of benzene rings is 2. The second-order valence-electron chi connectivity index (χ2n) is 8.78. The summed E-state index contributed by atoms with van der Waals surface area (Å²) in [7, 11) is 0. The number of halogens is 1. The number of nitrogens with zero attached hydrogens (tertiary/aromatic N) is 3. The number of rotatable bonds is 5. The fourth-order valence-corrected chi connectivity index (χ4v) is 6.61. The number of hydrogen-bond acceptors (Lipinski definition) is 5. The number of thiophene rings is 1. The molecule has 2 aromatic heterocycles. The third kappa shape index (κ3) is 4.50. The van der Waals surface area contributed by atoms with E-state index in [2.05, 4.69) is 25.7 Å². The van der Waals surface area contributed by atoms with Crippen molar-refractivity contribution in [1.82, 2.24) is 14.5 Å². The number of fused-ring (bicyclic) bond motifs is 3. The molecule has 1 aliphatic rings. The SMILES string of the molecule is Cc1ccc(-n2c(SCc3ccc(Cl)cc3)nc3sc4c(c3c2=O)CCN(C(C)C)C4)cc1. The second-order valence-corrected chi connectivity index (χ2v) is 11.2. The van der Waals surface area contributed by atoms with Gasteiger partial charge in [0.15, 0.2) is 5.16 Å². The molecule has 170 valence electrons. The molecule has 33 heavy (non-hydrogen) atoms. The van der Waals surface area contributed by atoms with Crippen molar-refractivity contribution < 1.29 is 0 Å². The Hall–Kier alpha value is -2.12. The van der Waals surface area contributed by atoms with Crippen LogP contribution in [-0.4, -0.2) is 27.0 Å². The van der Waals surface area contributed by atoms with E-state index in [4.69, 9.17) is 16.6 Å². The molecule has 0 aliphatic carbocycles. The number of aryl methyl sites for hydroxylation is 1. The van der Waals surface area contributed by atoms with Gasteiger partial charge in [-0.05, 0) is 62.6 Å². The first-order valence-corrected chi connectivity index (χ1v) is 13.3. The Kier molecular flexibility index (Phi) is 6.36. The van der Waals surface area contributed by atoms with Gasteiger partial charge in [-0.25, -0.2) is 4.98 Å². The fraction of sp³-hybridized carbons (Fsp3) is 0.308. The van der Waals surface area contributed by atoms with Gasteiger partial charge in [0.05, 0.1) is 11.1 Å². The highest BCUT2D eigenvalue weighted by molar-refractivity contribution is 7.98. The molecule has 0 saturated heterocycles. The second kappa shape index (κ2) is 9.26. The van der Waals surface area contributed by atoms with Crippen molar-refractivity contribution in [1.29, 1.82) is 0 Å². The zero-order valence-electron chi connectivity index (χ0n) is 19.0. The molecule has 0 atom stereocenters. The lowest BCUT2D eigenvalue weighted by atomic mass is 10.0. The number of thioether (sulfide) groups is 1. The van der Waals surface area contributed by atoms with Gasteiger partial charge in [-0.1, -0.05) is 53.2 Å². The highest BCUT2D eigenvalue weighted by atomic mass is 35.5. The lowest BCUT2D eigenvalue weighted by Gasteiger charge is -2.30. The molecule has 0 saturated carbocycles. The Bertz CT molecular complexity index is 1360. The van der Waals surface area contributed by atoms with Crippen molar-refractivity contribution in [3.8, 4) is 5.69 Å². The highest BCUT2D eigenvalue weighted by Crippen LogP contribution is 2.35. The summed E-state index contributed by atoms with van der Waals surface area (Å²) in [5, 5.41) is 2.25. The Morgan fingerprint density at radius 3 is 2.55 bits per heavy atom. The Morgan fingerprint density at radius 2 is 1.85 bits per heavy atom. The zero-order chi connectivity index (χ0) is 23.1. The summed E-state index contributed by atoms with van der Waals surface area (Å²) < 4.78 is 1.80. The Labute approximate surface area is 207 Å². The molecule has 7 heteroatoms. The van der Waals surface area contributed by atoms with E-state index in [1.807, 2.05) is 48.5 Å². The van der Waals surface area contributed by atoms with Gasteiger partial charge in [0, 0.05) is 34.8 Å². The third-order valence-corrected chi connectivity index (χ3v) is 8.55. The summed E-state index contributed by atoms with van der Waals surface area (Å²) in [6, 6.07) is 16.4. The minimum absolute atomic E-state index is 0.0398. The highest BCUT2D eigenvalue weighted by Gasteiger charge is 2.26. The van der Waals surface area contributed by atoms with Crippen LogP contribution in [0.1, 0.15) is 35.4 Å². The number of hydrogen-bond donors (Lipinski definition) is 0. The topological polar surface area (TPSA) is 38.1 Å². The van der Waals surface area contributed by atoms with Crippen LogP contribution in [0, 0.1) is 6.92 Å². The van der Waals surface area contributed by atoms with E-state index < -0.39 is 0 Å². The van der Waals surface area contributed by atoms with E-state index >= 15 is 0 Å². The van der Waals surface area contributed by atoms with Gasteiger partial charge >= 0.3 is 0 Å². The predicted octanol–water partition coefficient (Wildman–Crippen LogP) is 6.47. The molecular formula is C26H26ClN3OS2. The van der Waals surface area contributed by atoms with Crippen molar-refractivity contribution in [2.45, 2.75) is 50.7 Å². The average molecular weight is 496 g/mol. The van der Waals surface area contributed by atoms with Gasteiger partial charge in [-0.15, -0.1) is 11.3 Å². The van der Waals surface area contributed by atoms with Gasteiger partial charge in [0.25, 0.3) is 5.56 Å². The summed E-state index contributed by atoms with van der Waals surface area (Å²) in [6.45, 7) is 8.39. The normalized spacial score (nSPS) is 14.2. The molecule has 0 fully saturated rings. The predicted molar refractivity (Wildman–Crippen MR) is 140 cm³/mol. The summed E-state index contributed by atoms with van der Waals surface area (Å²) in [5.41, 5.74) is 4.40. The monoisotopic (exact) mass is 495 g/mol. The maximum Gasteiger partial charge on any atom is 0.267 e. The largest absolute Gasteiger partial charge is 0.296 e. The van der Waals surface area contributed by atoms with E-state index in [1.54, 1.807) is 27.7 Å². The van der Waals surface area contributed by atoms with E-state index in [0.717, 1.165) is 56.7 Å². The van der Waals surface area contributed by atoms with Crippen LogP contribution < -0.4 is 5.56 Å². The Balaban J connectivity index is 1.62. The first-order valence-electron chi connectivity index (χ1n) is 11.2. The molecule has 4 nitrogen and oxygen atoms in total. The standard InChI is InChI=1S/C26H26ClN3OS2/c1-16(2)29-13-12-21-22(14-29)33-24-23(21)25(31)30(20-10-4-17(3)5-11-20)26(28-24)32-15-18-6-8-19(27)9-7-18/h4-11,16H,12-15H2,1-3H3. The molecule has 4 aromatic rings. The van der Waals surface area contributed by atoms with Crippen molar-refractivity contribution in [3.63, 3.8) is 0 Å². The van der Waals surface area contributed by atoms with Crippen LogP contribution in [-0.2, 0) is 18.7 Å². The van der Waals surface area contributed by atoms with Crippen molar-refractivity contribution in [3.05, 3.63) is 85.5 Å². The van der Waals surface area contributed by atoms with Gasteiger partial charge in [-0.3, -0.25) is 14.3 Å². The van der Waals surface area contributed by atoms with E-state index in [0.29, 0.717) is 11.8 Å². The molecule has 0 unspecified atom stereocenters. The van der Waals surface area contributed by atoms with Crippen molar-refractivity contribution in [2.75, 3.05) is 6.54 Å². The van der Waals surface area contributed by atoms with E-state index in [-0.39, 0.29) is 5.56 Å². The summed E-state index contributed by atoms with van der Waals surface area (Å²) in [5.74, 6) is 0.715. The molecule has 0 N–H and O–H groups in total. The minimum Gasteiger partial charge on any atom is -0.296 e. The first-order chi connectivity index (χ1) is 15.9. The third-order valence-electron chi connectivity index (χ3n) is 6.18.